The summed E-state index contributed by atoms with van der Waals surface area (Å²) in [6.45, 7) is 3.16. The molecule has 0 aliphatic rings. The molecule has 0 fully saturated rings. The summed E-state index contributed by atoms with van der Waals surface area (Å²) < 4.78 is 19.7. The molecule has 0 aliphatic heterocycles. The molecule has 0 saturated carbocycles. The number of aromatic nitrogens is 1. The number of nitrogens with zero attached hydrogens (tertiary/aromatic N) is 1. The number of hydrogen-bond donors (Lipinski definition) is 1. The number of ether oxygens (including phenoxy) is 1. The van der Waals surface area contributed by atoms with E-state index >= 15 is 0 Å². The monoisotopic (exact) mass is 338 g/mol. The van der Waals surface area contributed by atoms with Gasteiger partial charge in [0.15, 0.2) is 11.6 Å². The summed E-state index contributed by atoms with van der Waals surface area (Å²) >= 11 is 3.41. The number of benzene rings is 1. The van der Waals surface area contributed by atoms with Gasteiger partial charge in [-0.1, -0.05) is 22.9 Å². The number of pyridine rings is 1. The van der Waals surface area contributed by atoms with Crippen molar-refractivity contribution in [1.29, 1.82) is 0 Å². The molecule has 2 aromatic rings. The first-order chi connectivity index (χ1) is 9.70. The lowest BCUT2D eigenvalue weighted by atomic mass is 10.2. The quantitative estimate of drug-likeness (QED) is 0.848. The Labute approximate surface area is 126 Å². The van der Waals surface area contributed by atoms with Crippen molar-refractivity contribution in [3.8, 4) is 5.75 Å². The van der Waals surface area contributed by atoms with Gasteiger partial charge in [-0.2, -0.15) is 0 Å². The Hall–Kier alpha value is -1.62. The fourth-order valence-electron chi connectivity index (χ4n) is 1.71. The molecule has 20 heavy (non-hydrogen) atoms. The van der Waals surface area contributed by atoms with E-state index in [0.29, 0.717) is 24.7 Å². The highest BCUT2D eigenvalue weighted by molar-refractivity contribution is 9.10. The maximum atomic E-state index is 13.2. The molecular weight excluding hydrogens is 323 g/mol. The zero-order valence-corrected chi connectivity index (χ0v) is 12.8. The fourth-order valence-corrected chi connectivity index (χ4v) is 2.10. The van der Waals surface area contributed by atoms with Crippen LogP contribution in [0.25, 0.3) is 0 Å². The van der Waals surface area contributed by atoms with Gasteiger partial charge in [0, 0.05) is 17.2 Å². The van der Waals surface area contributed by atoms with Crippen LogP contribution in [-0.4, -0.2) is 11.6 Å². The Bertz CT molecular complexity index is 578. The molecule has 1 N–H and O–H groups in total. The number of hydrogen-bond acceptors (Lipinski definition) is 3. The molecule has 5 heteroatoms. The van der Waals surface area contributed by atoms with Crippen molar-refractivity contribution in [2.45, 2.75) is 19.9 Å². The maximum Gasteiger partial charge on any atom is 0.169 e. The smallest absolute Gasteiger partial charge is 0.169 e. The van der Waals surface area contributed by atoms with Gasteiger partial charge in [0.05, 0.1) is 6.61 Å². The molecule has 0 amide bonds. The van der Waals surface area contributed by atoms with Crippen LogP contribution in [0.2, 0.25) is 0 Å². The Morgan fingerprint density at radius 2 is 2.20 bits per heavy atom. The normalized spacial score (nSPS) is 10.3. The van der Waals surface area contributed by atoms with Crippen LogP contribution < -0.4 is 10.1 Å². The van der Waals surface area contributed by atoms with E-state index in [4.69, 9.17) is 4.74 Å². The summed E-state index contributed by atoms with van der Waals surface area (Å²) in [6, 6.07) is 8.30. The largest absolute Gasteiger partial charge is 0.490 e. The van der Waals surface area contributed by atoms with E-state index in [1.807, 2.05) is 19.1 Å². The second-order valence-electron chi connectivity index (χ2n) is 4.29. The van der Waals surface area contributed by atoms with E-state index < -0.39 is 0 Å². The van der Waals surface area contributed by atoms with Gasteiger partial charge in [0.25, 0.3) is 0 Å². The van der Waals surface area contributed by atoms with Gasteiger partial charge >= 0.3 is 0 Å². The summed E-state index contributed by atoms with van der Waals surface area (Å²) in [5, 5.41) is 3.17. The topological polar surface area (TPSA) is 34.1 Å². The van der Waals surface area contributed by atoms with E-state index in [1.54, 1.807) is 12.3 Å². The average molecular weight is 339 g/mol. The van der Waals surface area contributed by atoms with Gasteiger partial charge in [-0.05, 0) is 42.3 Å². The van der Waals surface area contributed by atoms with Crippen molar-refractivity contribution >= 4 is 21.7 Å². The molecule has 1 heterocycles. The predicted octanol–water partition coefficient (Wildman–Crippen LogP) is 4.38. The zero-order chi connectivity index (χ0) is 14.4. The first-order valence-electron chi connectivity index (χ1n) is 6.46. The molecule has 2 rings (SSSR count). The number of anilines is 1. The molecule has 1 aromatic heterocycles. The molecule has 0 bridgehead atoms. The summed E-state index contributed by atoms with van der Waals surface area (Å²) in [7, 11) is 0. The molecule has 0 aliphatic carbocycles. The number of rotatable bonds is 6. The molecule has 0 atom stereocenters. The minimum Gasteiger partial charge on any atom is -0.490 e. The molecule has 106 valence electrons. The van der Waals surface area contributed by atoms with Gasteiger partial charge in [-0.3, -0.25) is 0 Å². The van der Waals surface area contributed by atoms with Crippen molar-refractivity contribution in [1.82, 2.24) is 4.98 Å². The minimum absolute atomic E-state index is 0.256. The molecule has 1 aromatic carbocycles. The second-order valence-corrected chi connectivity index (χ2v) is 5.14. The first kappa shape index (κ1) is 14.8. The van der Waals surface area contributed by atoms with Crippen molar-refractivity contribution in [2.24, 2.45) is 0 Å². The summed E-state index contributed by atoms with van der Waals surface area (Å²) in [5.41, 5.74) is 0.831. The average Bonchev–Trinajstić information content (AvgIpc) is 2.47. The van der Waals surface area contributed by atoms with Crippen LogP contribution in [-0.2, 0) is 6.54 Å². The second kappa shape index (κ2) is 7.24. The lowest BCUT2D eigenvalue weighted by Crippen LogP contribution is -2.05. The Kier molecular flexibility index (Phi) is 5.35. The van der Waals surface area contributed by atoms with Crippen molar-refractivity contribution in [3.05, 3.63) is 52.4 Å². The third-order valence-corrected chi connectivity index (χ3v) is 3.46. The number of halogens is 2. The number of nitrogens with one attached hydrogen (secondary N) is 1. The highest BCUT2D eigenvalue weighted by Gasteiger charge is 2.06. The molecule has 0 spiro atoms. The fraction of sp³-hybridized carbons (Fsp3) is 0.267. The van der Waals surface area contributed by atoms with E-state index in [0.717, 1.165) is 16.5 Å². The molecule has 0 radical (unpaired) electrons. The molecule has 0 unspecified atom stereocenters. The molecule has 0 saturated heterocycles. The van der Waals surface area contributed by atoms with Gasteiger partial charge in [-0.15, -0.1) is 0 Å². The lowest BCUT2D eigenvalue weighted by Gasteiger charge is -2.12. The summed E-state index contributed by atoms with van der Waals surface area (Å²) in [6.07, 6.45) is 2.63. The van der Waals surface area contributed by atoms with Crippen LogP contribution >= 0.6 is 15.9 Å². The summed E-state index contributed by atoms with van der Waals surface area (Å²) in [4.78, 5) is 4.25. The van der Waals surface area contributed by atoms with E-state index in [1.165, 1.54) is 12.1 Å². The molecule has 3 nitrogen and oxygen atoms in total. The van der Waals surface area contributed by atoms with Crippen molar-refractivity contribution in [3.63, 3.8) is 0 Å². The van der Waals surface area contributed by atoms with Crippen LogP contribution in [0.3, 0.4) is 0 Å². The van der Waals surface area contributed by atoms with Gasteiger partial charge < -0.3 is 10.1 Å². The van der Waals surface area contributed by atoms with Crippen LogP contribution in [0, 0.1) is 5.82 Å². The van der Waals surface area contributed by atoms with Gasteiger partial charge in [-0.25, -0.2) is 9.37 Å². The van der Waals surface area contributed by atoms with E-state index in [9.17, 15) is 4.39 Å². The zero-order valence-electron chi connectivity index (χ0n) is 11.2. The Morgan fingerprint density at radius 1 is 1.35 bits per heavy atom. The Balaban J connectivity index is 2.08. The maximum absolute atomic E-state index is 13.2. The highest BCUT2D eigenvalue weighted by Crippen LogP contribution is 2.24. The van der Waals surface area contributed by atoms with Crippen LogP contribution in [0.1, 0.15) is 18.9 Å². The SMILES string of the molecule is CCCOc1cccnc1NCc1cc(F)ccc1Br. The van der Waals surface area contributed by atoms with Crippen LogP contribution in [0.5, 0.6) is 5.75 Å². The van der Waals surface area contributed by atoms with E-state index in [-0.39, 0.29) is 5.82 Å². The van der Waals surface area contributed by atoms with Crippen molar-refractivity contribution < 1.29 is 9.13 Å². The minimum atomic E-state index is -0.256. The third-order valence-electron chi connectivity index (χ3n) is 2.69. The van der Waals surface area contributed by atoms with Gasteiger partial charge in [0.1, 0.15) is 5.82 Å². The standard InChI is InChI=1S/C15H16BrFN2O/c1-2-8-20-14-4-3-7-18-15(14)19-10-11-9-12(17)5-6-13(11)16/h3-7,9H,2,8,10H2,1H3,(H,18,19). The van der Waals surface area contributed by atoms with Crippen LogP contribution in [0.15, 0.2) is 41.0 Å². The predicted molar refractivity (Wildman–Crippen MR) is 81.4 cm³/mol. The lowest BCUT2D eigenvalue weighted by molar-refractivity contribution is 0.318. The highest BCUT2D eigenvalue weighted by atomic mass is 79.9. The molecular formula is C15H16BrFN2O. The van der Waals surface area contributed by atoms with Crippen molar-refractivity contribution in [2.75, 3.05) is 11.9 Å². The third kappa shape index (κ3) is 3.93. The van der Waals surface area contributed by atoms with E-state index in [2.05, 4.69) is 26.2 Å². The summed E-state index contributed by atoms with van der Waals surface area (Å²) in [5.74, 6) is 1.12. The van der Waals surface area contributed by atoms with Gasteiger partial charge in [0.2, 0.25) is 0 Å². The first-order valence-corrected chi connectivity index (χ1v) is 7.25. The Morgan fingerprint density at radius 3 is 3.00 bits per heavy atom. The van der Waals surface area contributed by atoms with Crippen LogP contribution in [0.4, 0.5) is 10.2 Å².